The van der Waals surface area contributed by atoms with Crippen molar-refractivity contribution in [1.29, 1.82) is 0 Å². The van der Waals surface area contributed by atoms with Gasteiger partial charge in [0.15, 0.2) is 0 Å². The van der Waals surface area contributed by atoms with E-state index in [1.807, 2.05) is 11.0 Å². The number of aliphatic hydroxyl groups excluding tert-OH is 1. The average molecular weight is 488 g/mol. The third kappa shape index (κ3) is 5.62. The molecule has 10 nitrogen and oxygen atoms in total. The van der Waals surface area contributed by atoms with Gasteiger partial charge in [-0.15, -0.1) is 11.3 Å². The van der Waals surface area contributed by atoms with E-state index in [0.29, 0.717) is 44.5 Å². The maximum Gasteiger partial charge on any atom is 0.348 e. The lowest BCUT2D eigenvalue weighted by Crippen LogP contribution is -2.35. The molecule has 0 saturated heterocycles. The number of aliphatic hydroxyl groups is 1. The lowest BCUT2D eigenvalue weighted by Gasteiger charge is -2.23. The molecule has 4 rings (SSSR count). The molecular weight excluding hydrogens is 462 g/mol. The fourth-order valence-electron chi connectivity index (χ4n) is 3.61. The number of furan rings is 2. The van der Waals surface area contributed by atoms with Crippen LogP contribution < -0.4 is 5.56 Å². The van der Waals surface area contributed by atoms with Gasteiger partial charge in [0.1, 0.15) is 33.7 Å². The average Bonchev–Trinajstić information content (AvgIpc) is 3.56. The van der Waals surface area contributed by atoms with E-state index in [1.165, 1.54) is 7.11 Å². The largest absolute Gasteiger partial charge is 0.468 e. The minimum absolute atomic E-state index is 0.102. The van der Waals surface area contributed by atoms with E-state index < -0.39 is 12.1 Å². The molecule has 1 atom stereocenters. The van der Waals surface area contributed by atoms with E-state index in [9.17, 15) is 14.7 Å². The van der Waals surface area contributed by atoms with Crippen molar-refractivity contribution in [1.82, 2.24) is 14.9 Å². The SMILES string of the molecule is COC(=O)c1sc2nc(CN(Cc3ccco3)C[C@H](O)COCc3ccco3)[nH]c(=O)c2c1C. The van der Waals surface area contributed by atoms with Crippen LogP contribution in [0.5, 0.6) is 0 Å². The Balaban J connectivity index is 1.49. The van der Waals surface area contributed by atoms with Crippen LogP contribution in [0.3, 0.4) is 0 Å². The second-order valence-corrected chi connectivity index (χ2v) is 8.74. The summed E-state index contributed by atoms with van der Waals surface area (Å²) in [6.07, 6.45) is 2.34. The zero-order chi connectivity index (χ0) is 24.1. The molecule has 0 aliphatic carbocycles. The Labute approximate surface area is 198 Å². The highest BCUT2D eigenvalue weighted by Gasteiger charge is 2.21. The van der Waals surface area contributed by atoms with Crippen molar-refractivity contribution in [3.8, 4) is 0 Å². The summed E-state index contributed by atoms with van der Waals surface area (Å²) in [5, 5.41) is 10.9. The molecule has 0 aromatic carbocycles. The van der Waals surface area contributed by atoms with Gasteiger partial charge in [-0.1, -0.05) is 0 Å². The highest BCUT2D eigenvalue weighted by molar-refractivity contribution is 7.20. The van der Waals surface area contributed by atoms with Crippen LogP contribution in [-0.4, -0.2) is 52.3 Å². The summed E-state index contributed by atoms with van der Waals surface area (Å²) in [6, 6.07) is 7.18. The molecule has 0 aliphatic rings. The van der Waals surface area contributed by atoms with E-state index in [-0.39, 0.29) is 31.9 Å². The Morgan fingerprint density at radius 2 is 1.97 bits per heavy atom. The maximum atomic E-state index is 12.8. The van der Waals surface area contributed by atoms with Crippen molar-refractivity contribution >= 4 is 27.5 Å². The molecule has 0 spiro atoms. The Kier molecular flexibility index (Phi) is 7.58. The van der Waals surface area contributed by atoms with Gasteiger partial charge < -0.3 is 28.4 Å². The number of hydrogen-bond donors (Lipinski definition) is 2. The van der Waals surface area contributed by atoms with Gasteiger partial charge in [0.05, 0.1) is 50.8 Å². The highest BCUT2D eigenvalue weighted by atomic mass is 32.1. The number of H-pyrrole nitrogens is 1. The summed E-state index contributed by atoms with van der Waals surface area (Å²) in [6.45, 7) is 2.94. The van der Waals surface area contributed by atoms with Gasteiger partial charge in [-0.3, -0.25) is 9.69 Å². The summed E-state index contributed by atoms with van der Waals surface area (Å²) < 4.78 is 21.0. The third-order valence-electron chi connectivity index (χ3n) is 5.16. The lowest BCUT2D eigenvalue weighted by atomic mass is 10.2. The molecule has 0 unspecified atom stereocenters. The number of rotatable bonds is 11. The predicted octanol–water partition coefficient (Wildman–Crippen LogP) is 2.85. The number of aromatic nitrogens is 2. The molecule has 0 amide bonds. The number of thiophene rings is 1. The molecule has 0 saturated carbocycles. The van der Waals surface area contributed by atoms with E-state index in [1.54, 1.807) is 37.6 Å². The molecule has 2 N–H and O–H groups in total. The standard InChI is InChI=1S/C23H25N3O7S/c1-14-19-21(28)24-18(25-22(19)34-20(14)23(29)30-2)11-26(10-16-5-3-7-32-16)9-15(27)12-31-13-17-6-4-8-33-17/h3-8,15,27H,9-13H2,1-2H3,(H,24,25,28)/t15-/m0/s1. The Bertz CT molecular complexity index is 1280. The van der Waals surface area contributed by atoms with Gasteiger partial charge in [0.2, 0.25) is 0 Å². The van der Waals surface area contributed by atoms with Crippen LogP contribution in [0.4, 0.5) is 0 Å². The van der Waals surface area contributed by atoms with Gasteiger partial charge >= 0.3 is 5.97 Å². The quantitative estimate of drug-likeness (QED) is 0.307. The molecule has 0 radical (unpaired) electrons. The summed E-state index contributed by atoms with van der Waals surface area (Å²) >= 11 is 1.12. The monoisotopic (exact) mass is 487 g/mol. The second-order valence-electron chi connectivity index (χ2n) is 7.74. The van der Waals surface area contributed by atoms with Crippen LogP contribution in [0.25, 0.3) is 10.2 Å². The third-order valence-corrected chi connectivity index (χ3v) is 6.32. The first kappa shape index (κ1) is 23.9. The number of esters is 1. The molecule has 34 heavy (non-hydrogen) atoms. The fourth-order valence-corrected chi connectivity index (χ4v) is 4.73. The van der Waals surface area contributed by atoms with Crippen molar-refractivity contribution in [3.05, 3.63) is 74.9 Å². The van der Waals surface area contributed by atoms with Gasteiger partial charge in [0.25, 0.3) is 5.56 Å². The van der Waals surface area contributed by atoms with E-state index in [4.69, 9.17) is 18.3 Å². The van der Waals surface area contributed by atoms with Crippen LogP contribution in [0, 0.1) is 6.92 Å². The van der Waals surface area contributed by atoms with Crippen LogP contribution >= 0.6 is 11.3 Å². The van der Waals surface area contributed by atoms with Crippen LogP contribution in [0.15, 0.2) is 50.4 Å². The van der Waals surface area contributed by atoms with Crippen molar-refractivity contribution in [2.24, 2.45) is 0 Å². The van der Waals surface area contributed by atoms with Gasteiger partial charge in [-0.2, -0.15) is 0 Å². The Morgan fingerprint density at radius 1 is 1.24 bits per heavy atom. The molecular formula is C23H25N3O7S. The molecule has 11 heteroatoms. The van der Waals surface area contributed by atoms with Crippen molar-refractivity contribution in [3.63, 3.8) is 0 Å². The maximum absolute atomic E-state index is 12.8. The Morgan fingerprint density at radius 3 is 2.65 bits per heavy atom. The van der Waals surface area contributed by atoms with Crippen LogP contribution in [0.2, 0.25) is 0 Å². The minimum Gasteiger partial charge on any atom is -0.468 e. The van der Waals surface area contributed by atoms with Gasteiger partial charge in [-0.25, -0.2) is 9.78 Å². The van der Waals surface area contributed by atoms with Crippen molar-refractivity contribution in [2.75, 3.05) is 20.3 Å². The minimum atomic E-state index is -0.796. The van der Waals surface area contributed by atoms with Gasteiger partial charge in [-0.05, 0) is 36.8 Å². The number of carbonyl (C=O) groups excluding carboxylic acids is 1. The molecule has 0 bridgehead atoms. The molecule has 4 aromatic heterocycles. The van der Waals surface area contributed by atoms with E-state index >= 15 is 0 Å². The molecule has 0 fully saturated rings. The summed E-state index contributed by atoms with van der Waals surface area (Å²) in [5.74, 6) is 1.28. The number of nitrogens with zero attached hydrogens (tertiary/aromatic N) is 2. The topological polar surface area (TPSA) is 131 Å². The van der Waals surface area contributed by atoms with Crippen LogP contribution in [-0.2, 0) is 29.2 Å². The summed E-state index contributed by atoms with van der Waals surface area (Å²) in [4.78, 5) is 34.8. The first-order valence-electron chi connectivity index (χ1n) is 10.6. The van der Waals surface area contributed by atoms with Crippen LogP contribution in [0.1, 0.15) is 32.6 Å². The summed E-state index contributed by atoms with van der Waals surface area (Å²) in [5.41, 5.74) is 0.216. The first-order valence-corrected chi connectivity index (χ1v) is 11.4. The fraction of sp³-hybridized carbons (Fsp3) is 0.348. The molecule has 0 aliphatic heterocycles. The number of hydrogen-bond acceptors (Lipinski definition) is 10. The smallest absolute Gasteiger partial charge is 0.348 e. The number of fused-ring (bicyclic) bond motifs is 1. The number of aromatic amines is 1. The normalized spacial score (nSPS) is 12.5. The molecule has 4 heterocycles. The summed E-state index contributed by atoms with van der Waals surface area (Å²) in [7, 11) is 1.30. The highest BCUT2D eigenvalue weighted by Crippen LogP contribution is 2.27. The first-order chi connectivity index (χ1) is 16.4. The molecule has 4 aromatic rings. The Hall–Kier alpha value is -3.25. The number of nitrogens with one attached hydrogen (secondary N) is 1. The number of methoxy groups -OCH3 is 1. The van der Waals surface area contributed by atoms with Crippen molar-refractivity contribution in [2.45, 2.75) is 32.7 Å². The second kappa shape index (κ2) is 10.8. The predicted molar refractivity (Wildman–Crippen MR) is 124 cm³/mol. The number of ether oxygens (including phenoxy) is 2. The number of aryl methyl sites for hydroxylation is 1. The zero-order valence-electron chi connectivity index (χ0n) is 18.8. The van der Waals surface area contributed by atoms with Gasteiger partial charge in [0, 0.05) is 6.54 Å². The van der Waals surface area contributed by atoms with E-state index in [0.717, 1.165) is 11.3 Å². The number of carbonyl (C=O) groups is 1. The van der Waals surface area contributed by atoms with Crippen molar-refractivity contribution < 1.29 is 28.2 Å². The molecule has 180 valence electrons. The zero-order valence-corrected chi connectivity index (χ0v) is 19.6. The van der Waals surface area contributed by atoms with E-state index in [2.05, 4.69) is 9.97 Å². The lowest BCUT2D eigenvalue weighted by molar-refractivity contribution is 0.00125.